The van der Waals surface area contributed by atoms with E-state index in [1.54, 1.807) is 12.3 Å². The Bertz CT molecular complexity index is 742. The molecule has 4 nitrogen and oxygen atoms in total. The second kappa shape index (κ2) is 8.87. The zero-order valence-electron chi connectivity index (χ0n) is 15.4. The Hall–Kier alpha value is -1.59. The molecule has 3 rings (SSSR count). The number of amides is 1. The molecule has 140 valence electrons. The first kappa shape index (κ1) is 19.2. The second-order valence-corrected chi connectivity index (χ2v) is 8.20. The minimum Gasteiger partial charge on any atom is -0.369 e. The van der Waals surface area contributed by atoms with Crippen LogP contribution >= 0.6 is 22.9 Å². The van der Waals surface area contributed by atoms with E-state index in [1.165, 1.54) is 43.4 Å². The highest BCUT2D eigenvalue weighted by molar-refractivity contribution is 7.09. The molecule has 1 saturated carbocycles. The number of thiazole rings is 1. The van der Waals surface area contributed by atoms with Crippen LogP contribution < -0.4 is 10.2 Å². The van der Waals surface area contributed by atoms with Gasteiger partial charge in [0.25, 0.3) is 5.91 Å². The quantitative estimate of drug-likeness (QED) is 0.736. The molecule has 0 unspecified atom stereocenters. The van der Waals surface area contributed by atoms with E-state index in [1.807, 2.05) is 18.4 Å². The zero-order chi connectivity index (χ0) is 18.5. The van der Waals surface area contributed by atoms with Crippen LogP contribution in [0, 0.1) is 6.92 Å². The van der Waals surface area contributed by atoms with Gasteiger partial charge < -0.3 is 10.2 Å². The summed E-state index contributed by atoms with van der Waals surface area (Å²) in [5.41, 5.74) is 2.74. The van der Waals surface area contributed by atoms with Crippen molar-refractivity contribution >= 4 is 34.5 Å². The van der Waals surface area contributed by atoms with E-state index in [2.05, 4.69) is 22.1 Å². The minimum atomic E-state index is -0.0962. The number of hydrogen-bond donors (Lipinski definition) is 1. The van der Waals surface area contributed by atoms with Crippen LogP contribution in [0.5, 0.6) is 0 Å². The van der Waals surface area contributed by atoms with Crippen LogP contribution in [0.2, 0.25) is 5.02 Å². The first-order valence-electron chi connectivity index (χ1n) is 9.33. The molecule has 26 heavy (non-hydrogen) atoms. The molecular weight excluding hydrogens is 366 g/mol. The van der Waals surface area contributed by atoms with Crippen LogP contribution in [0.3, 0.4) is 0 Å². The molecular formula is C20H26ClN3OS. The van der Waals surface area contributed by atoms with Crippen molar-refractivity contribution in [3.05, 3.63) is 44.9 Å². The third-order valence-electron chi connectivity index (χ3n) is 5.14. The molecule has 0 aliphatic heterocycles. The topological polar surface area (TPSA) is 45.2 Å². The summed E-state index contributed by atoms with van der Waals surface area (Å²) >= 11 is 7.93. The number of nitrogens with one attached hydrogen (secondary N) is 1. The molecule has 0 saturated heterocycles. The first-order chi connectivity index (χ1) is 12.6. The van der Waals surface area contributed by atoms with Gasteiger partial charge in [-0.2, -0.15) is 0 Å². The third kappa shape index (κ3) is 4.38. The molecule has 1 aromatic heterocycles. The van der Waals surface area contributed by atoms with Crippen LogP contribution in [0.15, 0.2) is 23.7 Å². The molecule has 1 aliphatic carbocycles. The Morgan fingerprint density at radius 3 is 2.77 bits per heavy atom. The van der Waals surface area contributed by atoms with E-state index in [9.17, 15) is 4.79 Å². The molecule has 0 atom stereocenters. The summed E-state index contributed by atoms with van der Waals surface area (Å²) in [6.45, 7) is 5.57. The average molecular weight is 392 g/mol. The highest BCUT2D eigenvalue weighted by Crippen LogP contribution is 2.33. The lowest BCUT2D eigenvalue weighted by atomic mass is 9.93. The summed E-state index contributed by atoms with van der Waals surface area (Å²) in [7, 11) is 0. The van der Waals surface area contributed by atoms with Crippen molar-refractivity contribution in [2.45, 2.75) is 58.5 Å². The van der Waals surface area contributed by atoms with Gasteiger partial charge in [-0.15, -0.1) is 11.3 Å². The number of carbonyl (C=O) groups excluding carboxylic acids is 1. The van der Waals surface area contributed by atoms with E-state index >= 15 is 0 Å². The first-order valence-corrected chi connectivity index (χ1v) is 10.6. The van der Waals surface area contributed by atoms with Gasteiger partial charge in [0, 0.05) is 40.4 Å². The van der Waals surface area contributed by atoms with Crippen molar-refractivity contribution in [3.63, 3.8) is 0 Å². The largest absolute Gasteiger partial charge is 0.369 e. The van der Waals surface area contributed by atoms with Gasteiger partial charge in [0.15, 0.2) is 0 Å². The van der Waals surface area contributed by atoms with Gasteiger partial charge in [0.1, 0.15) is 5.01 Å². The van der Waals surface area contributed by atoms with Crippen molar-refractivity contribution in [3.8, 4) is 0 Å². The number of carbonyl (C=O) groups is 1. The van der Waals surface area contributed by atoms with E-state index in [4.69, 9.17) is 11.6 Å². The fraction of sp³-hybridized carbons (Fsp3) is 0.500. The maximum absolute atomic E-state index is 12.7. The molecule has 1 N–H and O–H groups in total. The Morgan fingerprint density at radius 1 is 1.35 bits per heavy atom. The van der Waals surface area contributed by atoms with Crippen LogP contribution in [-0.4, -0.2) is 23.5 Å². The second-order valence-electron chi connectivity index (χ2n) is 6.78. The normalized spacial score (nSPS) is 15.0. The molecule has 1 amide bonds. The van der Waals surface area contributed by atoms with Gasteiger partial charge in [-0.3, -0.25) is 4.79 Å². The van der Waals surface area contributed by atoms with E-state index in [0.29, 0.717) is 23.2 Å². The molecule has 2 aromatic rings. The van der Waals surface area contributed by atoms with Gasteiger partial charge in [-0.25, -0.2) is 4.98 Å². The molecule has 1 fully saturated rings. The summed E-state index contributed by atoms with van der Waals surface area (Å²) < 4.78 is 0. The van der Waals surface area contributed by atoms with E-state index < -0.39 is 0 Å². The zero-order valence-corrected chi connectivity index (χ0v) is 17.0. The van der Waals surface area contributed by atoms with Crippen molar-refractivity contribution in [1.29, 1.82) is 0 Å². The smallest absolute Gasteiger partial charge is 0.252 e. The standard InChI is InChI=1S/C20H26ClN3OS/c1-3-24(16-7-5-4-6-8-16)18-12-15(21)11-17(14(18)2)20(25)23-13-19-22-9-10-26-19/h9-12,16H,3-8,13H2,1-2H3,(H,23,25). The predicted molar refractivity (Wildman–Crippen MR) is 109 cm³/mol. The molecule has 0 radical (unpaired) electrons. The monoisotopic (exact) mass is 391 g/mol. The summed E-state index contributed by atoms with van der Waals surface area (Å²) in [6.07, 6.45) is 8.06. The molecule has 1 aromatic carbocycles. The van der Waals surface area contributed by atoms with E-state index in [-0.39, 0.29) is 5.91 Å². The van der Waals surface area contributed by atoms with Crippen molar-refractivity contribution < 1.29 is 4.79 Å². The maximum Gasteiger partial charge on any atom is 0.252 e. The van der Waals surface area contributed by atoms with Gasteiger partial charge in [-0.05, 0) is 44.4 Å². The number of halogens is 1. The third-order valence-corrected chi connectivity index (χ3v) is 6.14. The Kier molecular flexibility index (Phi) is 6.54. The van der Waals surface area contributed by atoms with Crippen LogP contribution in [0.1, 0.15) is 60.0 Å². The van der Waals surface area contributed by atoms with Gasteiger partial charge in [-0.1, -0.05) is 30.9 Å². The Labute approximate surface area is 164 Å². The summed E-state index contributed by atoms with van der Waals surface area (Å²) in [6, 6.07) is 4.32. The molecule has 1 heterocycles. The van der Waals surface area contributed by atoms with Crippen LogP contribution in [-0.2, 0) is 6.54 Å². The van der Waals surface area contributed by atoms with Gasteiger partial charge in [0.05, 0.1) is 6.54 Å². The summed E-state index contributed by atoms with van der Waals surface area (Å²) in [5, 5.41) is 6.38. The Morgan fingerprint density at radius 2 is 2.12 bits per heavy atom. The minimum absolute atomic E-state index is 0.0962. The maximum atomic E-state index is 12.7. The highest BCUT2D eigenvalue weighted by Gasteiger charge is 2.24. The molecule has 0 spiro atoms. The van der Waals surface area contributed by atoms with Crippen molar-refractivity contribution in [2.75, 3.05) is 11.4 Å². The van der Waals surface area contributed by atoms with Crippen LogP contribution in [0.4, 0.5) is 5.69 Å². The molecule has 6 heteroatoms. The Balaban J connectivity index is 1.83. The number of hydrogen-bond acceptors (Lipinski definition) is 4. The summed E-state index contributed by atoms with van der Waals surface area (Å²) in [4.78, 5) is 19.4. The highest BCUT2D eigenvalue weighted by atomic mass is 35.5. The van der Waals surface area contributed by atoms with Gasteiger partial charge in [0.2, 0.25) is 0 Å². The van der Waals surface area contributed by atoms with Gasteiger partial charge >= 0.3 is 0 Å². The SMILES string of the molecule is CCN(c1cc(Cl)cc(C(=O)NCc2nccs2)c1C)C1CCCCC1. The molecule has 1 aliphatic rings. The van der Waals surface area contributed by atoms with Crippen molar-refractivity contribution in [1.82, 2.24) is 10.3 Å². The van der Waals surface area contributed by atoms with E-state index in [0.717, 1.165) is 22.8 Å². The predicted octanol–water partition coefficient (Wildman–Crippen LogP) is 5.19. The van der Waals surface area contributed by atoms with Crippen LogP contribution in [0.25, 0.3) is 0 Å². The lowest BCUT2D eigenvalue weighted by Crippen LogP contribution is -2.37. The number of nitrogens with zero attached hydrogens (tertiary/aromatic N) is 2. The lowest BCUT2D eigenvalue weighted by molar-refractivity contribution is 0.0950. The fourth-order valence-corrected chi connectivity index (χ4v) is 4.58. The molecule has 0 bridgehead atoms. The number of rotatable bonds is 6. The fourth-order valence-electron chi connectivity index (χ4n) is 3.81. The number of aromatic nitrogens is 1. The summed E-state index contributed by atoms with van der Waals surface area (Å²) in [5.74, 6) is -0.0962. The number of anilines is 1. The lowest BCUT2D eigenvalue weighted by Gasteiger charge is -2.36. The number of benzene rings is 1. The van der Waals surface area contributed by atoms with Crippen molar-refractivity contribution in [2.24, 2.45) is 0 Å². The average Bonchev–Trinajstić information content (AvgIpc) is 3.17.